The van der Waals surface area contributed by atoms with E-state index in [0.29, 0.717) is 22.0 Å². The average Bonchev–Trinajstić information content (AvgIpc) is 2.23. The van der Waals surface area contributed by atoms with E-state index >= 15 is 0 Å². The molecule has 1 atom stereocenters. The van der Waals surface area contributed by atoms with E-state index in [0.717, 1.165) is 6.42 Å². The van der Waals surface area contributed by atoms with Crippen LogP contribution >= 0.6 is 23.2 Å². The van der Waals surface area contributed by atoms with Crippen molar-refractivity contribution < 1.29 is 4.79 Å². The summed E-state index contributed by atoms with van der Waals surface area (Å²) in [5.74, 6) is 0.0735. The van der Waals surface area contributed by atoms with Gasteiger partial charge in [-0.1, -0.05) is 36.2 Å². The fourth-order valence-corrected chi connectivity index (χ4v) is 1.94. The van der Waals surface area contributed by atoms with Gasteiger partial charge < -0.3 is 5.73 Å². The molecule has 1 unspecified atom stereocenters. The van der Waals surface area contributed by atoms with Gasteiger partial charge in [0.1, 0.15) is 5.78 Å². The van der Waals surface area contributed by atoms with Crippen LogP contribution in [-0.2, 0) is 11.2 Å². The second-order valence-electron chi connectivity index (χ2n) is 3.79. The number of hydrogen-bond acceptors (Lipinski definition) is 2. The lowest BCUT2D eigenvalue weighted by Gasteiger charge is -2.09. The van der Waals surface area contributed by atoms with E-state index in [1.807, 2.05) is 6.92 Å². The second-order valence-corrected chi connectivity index (χ2v) is 4.60. The van der Waals surface area contributed by atoms with Crippen LogP contribution in [0.15, 0.2) is 18.2 Å². The van der Waals surface area contributed by atoms with Crippen molar-refractivity contribution in [3.63, 3.8) is 0 Å². The number of Topliss-reactive ketones (excluding diaryl/α,β-unsaturated/α-hetero) is 1. The van der Waals surface area contributed by atoms with Gasteiger partial charge in [0.2, 0.25) is 0 Å². The molecule has 0 amide bonds. The maximum absolute atomic E-state index is 11.7. The van der Waals surface area contributed by atoms with Gasteiger partial charge in [0.15, 0.2) is 0 Å². The van der Waals surface area contributed by atoms with Crippen LogP contribution in [0, 0.1) is 0 Å². The first-order valence-electron chi connectivity index (χ1n) is 5.24. The molecule has 1 aromatic carbocycles. The van der Waals surface area contributed by atoms with Crippen molar-refractivity contribution in [2.24, 2.45) is 5.73 Å². The topological polar surface area (TPSA) is 43.1 Å². The molecule has 2 nitrogen and oxygen atoms in total. The fraction of sp³-hybridized carbons (Fsp3) is 0.417. The minimum Gasteiger partial charge on any atom is -0.327 e. The molecule has 88 valence electrons. The van der Waals surface area contributed by atoms with E-state index in [2.05, 4.69) is 0 Å². The van der Waals surface area contributed by atoms with Crippen LogP contribution in [0.3, 0.4) is 0 Å². The van der Waals surface area contributed by atoms with Gasteiger partial charge in [-0.2, -0.15) is 0 Å². The summed E-state index contributed by atoms with van der Waals surface area (Å²) < 4.78 is 0. The first kappa shape index (κ1) is 13.5. The zero-order valence-electron chi connectivity index (χ0n) is 9.17. The lowest BCUT2D eigenvalue weighted by atomic mass is 10.0. The molecule has 1 aromatic rings. The Morgan fingerprint density at radius 2 is 1.94 bits per heavy atom. The monoisotopic (exact) mass is 259 g/mol. The summed E-state index contributed by atoms with van der Waals surface area (Å²) >= 11 is 12.0. The summed E-state index contributed by atoms with van der Waals surface area (Å²) in [5.41, 5.74) is 6.41. The maximum Gasteiger partial charge on any atom is 0.138 e. The quantitative estimate of drug-likeness (QED) is 0.883. The van der Waals surface area contributed by atoms with E-state index < -0.39 is 0 Å². The molecule has 4 heteroatoms. The minimum absolute atomic E-state index is 0.0735. The van der Waals surface area contributed by atoms with Crippen LogP contribution in [0.25, 0.3) is 0 Å². The van der Waals surface area contributed by atoms with E-state index in [1.54, 1.807) is 18.2 Å². The molecule has 0 aliphatic heterocycles. The lowest BCUT2D eigenvalue weighted by Crippen LogP contribution is -2.23. The number of nitrogens with two attached hydrogens (primary N) is 1. The Hall–Kier alpha value is -0.570. The van der Waals surface area contributed by atoms with Crippen molar-refractivity contribution in [1.29, 1.82) is 0 Å². The molecule has 0 saturated carbocycles. The highest BCUT2D eigenvalue weighted by Crippen LogP contribution is 2.25. The number of carbonyl (C=O) groups is 1. The molecule has 0 aliphatic carbocycles. The van der Waals surface area contributed by atoms with Gasteiger partial charge in [0.05, 0.1) is 0 Å². The number of benzene rings is 1. The van der Waals surface area contributed by atoms with Crippen molar-refractivity contribution >= 4 is 29.0 Å². The molecule has 1 rings (SSSR count). The molecular weight excluding hydrogens is 245 g/mol. The molecule has 16 heavy (non-hydrogen) atoms. The third kappa shape index (κ3) is 3.78. The maximum atomic E-state index is 11.7. The summed E-state index contributed by atoms with van der Waals surface area (Å²) in [7, 11) is 0. The summed E-state index contributed by atoms with van der Waals surface area (Å²) in [5, 5.41) is 1.07. The van der Waals surface area contributed by atoms with E-state index in [9.17, 15) is 4.79 Å². The zero-order valence-corrected chi connectivity index (χ0v) is 10.7. The van der Waals surface area contributed by atoms with Gasteiger partial charge in [-0.25, -0.2) is 0 Å². The molecule has 0 heterocycles. The number of ketones is 1. The Morgan fingerprint density at radius 3 is 2.44 bits per heavy atom. The predicted molar refractivity (Wildman–Crippen MR) is 68.1 cm³/mol. The van der Waals surface area contributed by atoms with Crippen LogP contribution in [0.5, 0.6) is 0 Å². The predicted octanol–water partition coefficient (Wildman–Crippen LogP) is 3.23. The minimum atomic E-state index is -0.0752. The fourth-order valence-electron chi connectivity index (χ4n) is 1.41. The van der Waals surface area contributed by atoms with Gasteiger partial charge in [-0.15, -0.1) is 0 Å². The molecule has 0 aliphatic rings. The highest BCUT2D eigenvalue weighted by atomic mass is 35.5. The highest BCUT2D eigenvalue weighted by molar-refractivity contribution is 6.36. The smallest absolute Gasteiger partial charge is 0.138 e. The molecule has 0 saturated heterocycles. The Morgan fingerprint density at radius 1 is 1.38 bits per heavy atom. The number of rotatable bonds is 5. The van der Waals surface area contributed by atoms with Crippen LogP contribution in [0.2, 0.25) is 10.0 Å². The zero-order chi connectivity index (χ0) is 12.1. The third-order valence-electron chi connectivity index (χ3n) is 2.45. The summed E-state index contributed by atoms with van der Waals surface area (Å²) in [6.45, 7) is 1.96. The van der Waals surface area contributed by atoms with Crippen molar-refractivity contribution in [3.05, 3.63) is 33.8 Å². The number of carbonyl (C=O) groups excluding carboxylic acids is 1. The Labute approximate surface area is 106 Å². The van der Waals surface area contributed by atoms with Crippen LogP contribution in [0.1, 0.15) is 25.3 Å². The molecule has 0 spiro atoms. The van der Waals surface area contributed by atoms with Crippen LogP contribution in [-0.4, -0.2) is 11.8 Å². The van der Waals surface area contributed by atoms with Crippen molar-refractivity contribution in [3.8, 4) is 0 Å². The molecule has 2 N–H and O–H groups in total. The molecule has 0 bridgehead atoms. The van der Waals surface area contributed by atoms with Crippen LogP contribution < -0.4 is 5.73 Å². The summed E-state index contributed by atoms with van der Waals surface area (Å²) in [6, 6.07) is 5.15. The first-order chi connectivity index (χ1) is 7.54. The van der Waals surface area contributed by atoms with Gasteiger partial charge >= 0.3 is 0 Å². The Kier molecular flexibility index (Phi) is 5.26. The van der Waals surface area contributed by atoms with Gasteiger partial charge in [-0.3, -0.25) is 4.79 Å². The molecule has 0 radical (unpaired) electrons. The van der Waals surface area contributed by atoms with Gasteiger partial charge in [0.25, 0.3) is 0 Å². The molecule has 0 fully saturated rings. The second kappa shape index (κ2) is 6.24. The normalized spacial score (nSPS) is 12.5. The third-order valence-corrected chi connectivity index (χ3v) is 3.16. The average molecular weight is 260 g/mol. The van der Waals surface area contributed by atoms with Gasteiger partial charge in [-0.05, 0) is 24.1 Å². The van der Waals surface area contributed by atoms with Crippen molar-refractivity contribution in [1.82, 2.24) is 0 Å². The Balaban J connectivity index is 2.70. The standard InChI is InChI=1S/C12H15Cl2NO/c1-2-8(15)6-9(16)7-10-11(13)4-3-5-12(10)14/h3-5,8H,2,6-7,15H2,1H3. The SMILES string of the molecule is CCC(N)CC(=O)Cc1c(Cl)cccc1Cl. The van der Waals surface area contributed by atoms with E-state index in [4.69, 9.17) is 28.9 Å². The largest absolute Gasteiger partial charge is 0.327 e. The number of halogens is 2. The highest BCUT2D eigenvalue weighted by Gasteiger charge is 2.13. The summed E-state index contributed by atoms with van der Waals surface area (Å²) in [4.78, 5) is 11.7. The van der Waals surface area contributed by atoms with Crippen molar-refractivity contribution in [2.75, 3.05) is 0 Å². The molecule has 0 aromatic heterocycles. The molecular formula is C12H15Cl2NO. The first-order valence-corrected chi connectivity index (χ1v) is 6.00. The van der Waals surface area contributed by atoms with Gasteiger partial charge in [0, 0.05) is 28.9 Å². The Bertz CT molecular complexity index is 359. The van der Waals surface area contributed by atoms with Crippen molar-refractivity contribution in [2.45, 2.75) is 32.2 Å². The lowest BCUT2D eigenvalue weighted by molar-refractivity contribution is -0.118. The van der Waals surface area contributed by atoms with Crippen LogP contribution in [0.4, 0.5) is 0 Å². The van der Waals surface area contributed by atoms with E-state index in [-0.39, 0.29) is 18.2 Å². The number of hydrogen-bond donors (Lipinski definition) is 1. The summed E-state index contributed by atoms with van der Waals surface area (Å²) in [6.07, 6.45) is 1.42. The van der Waals surface area contributed by atoms with E-state index in [1.165, 1.54) is 0 Å².